The average molecular weight is 953 g/mol. The standard InChI is InChI=1S/C51H80N6O11/c1-9-11-12-13-14-15-16-23-28-42(58)36(6)50(65)57(8)41(29-34(3)4)47(62)55-44(35(5)10-2)49(64)54-40(30-53-51(66)68-33-39-26-21-18-22-27-39)46(61)56-45(48(63)52-31-43(59)60)37(7)67-32-38-24-19-17-20-25-38/h17-22,24-27,34-37,40-42,44-45,58H,9-16,23,28-33H2,1-8H3,(H,52,63)(H,53,66)(H,54,64)(H,55,62)(H,56,61)(H,59,60). The van der Waals surface area contributed by atoms with Crippen molar-refractivity contribution < 1.29 is 53.2 Å². The predicted molar refractivity (Wildman–Crippen MR) is 260 cm³/mol. The normalized spacial score (nSPS) is 14.7. The molecule has 0 aliphatic rings. The van der Waals surface area contributed by atoms with Gasteiger partial charge in [-0.2, -0.15) is 0 Å². The minimum atomic E-state index is -1.56. The lowest BCUT2D eigenvalue weighted by Gasteiger charge is -2.34. The first-order chi connectivity index (χ1) is 32.4. The molecule has 0 heterocycles. The highest BCUT2D eigenvalue weighted by Gasteiger charge is 2.38. The van der Waals surface area contributed by atoms with Gasteiger partial charge in [-0.05, 0) is 42.7 Å². The first-order valence-corrected chi connectivity index (χ1v) is 24.3. The summed E-state index contributed by atoms with van der Waals surface area (Å²) in [6.45, 7) is 11.4. The Hall–Kier alpha value is -5.55. The molecule has 0 spiro atoms. The highest BCUT2D eigenvalue weighted by Crippen LogP contribution is 2.20. The molecule has 0 radical (unpaired) electrons. The smallest absolute Gasteiger partial charge is 0.407 e. The SMILES string of the molecule is CCCCCCCCCCC(O)C(C)C(=O)N(C)C(CC(C)C)C(=O)NC(C(=O)NC(CNC(=O)OCc1ccccc1)C(=O)NC(C(=O)NCC(=O)O)C(C)OCc1ccccc1)C(C)CC. The maximum Gasteiger partial charge on any atom is 0.407 e. The molecule has 17 heteroatoms. The number of rotatable bonds is 33. The number of carboxylic acid groups (broad SMARTS) is 1. The Labute approximate surface area is 403 Å². The Morgan fingerprint density at radius 3 is 1.78 bits per heavy atom. The van der Waals surface area contributed by atoms with Gasteiger partial charge in [0.2, 0.25) is 29.5 Å². The quantitative estimate of drug-likeness (QED) is 0.0433. The summed E-state index contributed by atoms with van der Waals surface area (Å²) in [6.07, 6.45) is 7.05. The molecule has 8 unspecified atom stereocenters. The van der Waals surface area contributed by atoms with E-state index < -0.39 is 103 Å². The summed E-state index contributed by atoms with van der Waals surface area (Å²) in [7, 11) is 1.52. The lowest BCUT2D eigenvalue weighted by Crippen LogP contribution is -2.63. The lowest BCUT2D eigenvalue weighted by molar-refractivity contribution is -0.146. The summed E-state index contributed by atoms with van der Waals surface area (Å²) in [4.78, 5) is 95.8. The molecule has 7 N–H and O–H groups in total. The fourth-order valence-electron chi connectivity index (χ4n) is 7.47. The number of aliphatic carboxylic acids is 1. The van der Waals surface area contributed by atoms with Gasteiger partial charge < -0.3 is 51.2 Å². The van der Waals surface area contributed by atoms with Crippen molar-refractivity contribution in [3.63, 3.8) is 0 Å². The van der Waals surface area contributed by atoms with Crippen LogP contribution in [0.15, 0.2) is 60.7 Å². The van der Waals surface area contributed by atoms with E-state index in [0.717, 1.165) is 31.2 Å². The van der Waals surface area contributed by atoms with Crippen LogP contribution in [0.1, 0.15) is 130 Å². The van der Waals surface area contributed by atoms with Crippen LogP contribution in [0, 0.1) is 17.8 Å². The number of aliphatic hydroxyl groups excluding tert-OH is 1. The van der Waals surface area contributed by atoms with Crippen LogP contribution in [0.5, 0.6) is 0 Å². The minimum Gasteiger partial charge on any atom is -0.480 e. The molecule has 0 fully saturated rings. The number of nitrogens with zero attached hydrogens (tertiary/aromatic N) is 1. The first-order valence-electron chi connectivity index (χ1n) is 24.3. The zero-order valence-corrected chi connectivity index (χ0v) is 41.6. The number of amides is 6. The Morgan fingerprint density at radius 1 is 0.662 bits per heavy atom. The third kappa shape index (κ3) is 22.0. The lowest BCUT2D eigenvalue weighted by atomic mass is 9.94. The Kier molecular flexibility index (Phi) is 27.8. The highest BCUT2D eigenvalue weighted by molar-refractivity contribution is 5.96. The molecule has 0 aromatic heterocycles. The molecule has 6 amide bonds. The maximum atomic E-state index is 14.4. The number of unbranched alkanes of at least 4 members (excludes halogenated alkanes) is 7. The van der Waals surface area contributed by atoms with Crippen molar-refractivity contribution >= 4 is 41.6 Å². The third-order valence-electron chi connectivity index (χ3n) is 12.0. The van der Waals surface area contributed by atoms with Gasteiger partial charge in [-0.1, -0.05) is 160 Å². The second kappa shape index (κ2) is 32.2. The number of ether oxygens (including phenoxy) is 2. The number of carboxylic acids is 1. The van der Waals surface area contributed by atoms with Gasteiger partial charge in [-0.3, -0.25) is 28.8 Å². The van der Waals surface area contributed by atoms with Crippen LogP contribution in [0.25, 0.3) is 0 Å². The van der Waals surface area contributed by atoms with Gasteiger partial charge in [0.25, 0.3) is 0 Å². The van der Waals surface area contributed by atoms with E-state index in [4.69, 9.17) is 9.47 Å². The molecule has 17 nitrogen and oxygen atoms in total. The Balaban J connectivity index is 2.35. The molecule has 2 aromatic carbocycles. The average Bonchev–Trinajstić information content (AvgIpc) is 3.33. The first kappa shape index (κ1) is 58.6. The van der Waals surface area contributed by atoms with Crippen LogP contribution < -0.4 is 26.6 Å². The topological polar surface area (TPSA) is 242 Å². The number of likely N-dealkylation sites (N-methyl/N-ethyl adjacent to an activating group) is 1. The molecule has 0 saturated heterocycles. The van der Waals surface area contributed by atoms with Crippen LogP contribution in [0.2, 0.25) is 0 Å². The number of benzene rings is 2. The monoisotopic (exact) mass is 953 g/mol. The molecule has 2 aromatic rings. The van der Waals surface area contributed by atoms with Gasteiger partial charge in [0.05, 0.1) is 31.3 Å². The van der Waals surface area contributed by atoms with Crippen molar-refractivity contribution in [3.05, 3.63) is 71.8 Å². The summed E-state index contributed by atoms with van der Waals surface area (Å²) in [5.74, 6) is -6.28. The number of hydrogen-bond acceptors (Lipinski definition) is 10. The summed E-state index contributed by atoms with van der Waals surface area (Å²) in [5, 5.41) is 33.1. The number of hydrogen-bond donors (Lipinski definition) is 7. The molecule has 0 aliphatic carbocycles. The number of carbonyl (C=O) groups excluding carboxylic acids is 6. The van der Waals surface area contributed by atoms with Gasteiger partial charge in [-0.25, -0.2) is 4.79 Å². The molecule has 0 aliphatic heterocycles. The largest absolute Gasteiger partial charge is 0.480 e. The molecule has 0 saturated carbocycles. The predicted octanol–water partition coefficient (Wildman–Crippen LogP) is 5.62. The highest BCUT2D eigenvalue weighted by atomic mass is 16.5. The summed E-state index contributed by atoms with van der Waals surface area (Å²) < 4.78 is 11.3. The minimum absolute atomic E-state index is 0.0449. The zero-order chi connectivity index (χ0) is 50.6. The molecule has 68 heavy (non-hydrogen) atoms. The van der Waals surface area contributed by atoms with Crippen LogP contribution in [0.4, 0.5) is 4.79 Å². The molecule has 0 bridgehead atoms. The number of alkyl carbamates (subject to hydrolysis) is 1. The maximum absolute atomic E-state index is 14.4. The van der Waals surface area contributed by atoms with E-state index in [9.17, 15) is 43.8 Å². The summed E-state index contributed by atoms with van der Waals surface area (Å²) in [5.41, 5.74) is 1.47. The Morgan fingerprint density at radius 2 is 1.22 bits per heavy atom. The fourth-order valence-corrected chi connectivity index (χ4v) is 7.47. The second-order valence-corrected chi connectivity index (χ2v) is 18.2. The Bertz CT molecular complexity index is 1840. The molecular formula is C51H80N6O11. The molecule has 8 atom stereocenters. The van der Waals surface area contributed by atoms with Crippen LogP contribution in [-0.2, 0) is 51.5 Å². The van der Waals surface area contributed by atoms with E-state index in [1.807, 2.05) is 26.8 Å². The number of nitrogens with one attached hydrogen (secondary N) is 5. The van der Waals surface area contributed by atoms with E-state index in [-0.39, 0.29) is 25.6 Å². The van der Waals surface area contributed by atoms with E-state index in [0.29, 0.717) is 18.4 Å². The summed E-state index contributed by atoms with van der Waals surface area (Å²) in [6, 6.07) is 12.6. The molecule has 380 valence electrons. The third-order valence-corrected chi connectivity index (χ3v) is 12.0. The van der Waals surface area contributed by atoms with E-state index in [2.05, 4.69) is 33.5 Å². The van der Waals surface area contributed by atoms with E-state index >= 15 is 0 Å². The van der Waals surface area contributed by atoms with E-state index in [1.165, 1.54) is 44.6 Å². The van der Waals surface area contributed by atoms with Crippen LogP contribution in [0.3, 0.4) is 0 Å². The van der Waals surface area contributed by atoms with E-state index in [1.54, 1.807) is 68.4 Å². The zero-order valence-electron chi connectivity index (χ0n) is 41.6. The van der Waals surface area contributed by atoms with Crippen molar-refractivity contribution in [2.75, 3.05) is 20.1 Å². The summed E-state index contributed by atoms with van der Waals surface area (Å²) >= 11 is 0. The van der Waals surface area contributed by atoms with Crippen LogP contribution in [-0.4, -0.2) is 113 Å². The van der Waals surface area contributed by atoms with Gasteiger partial charge in [0, 0.05) is 7.05 Å². The van der Waals surface area contributed by atoms with Crippen molar-refractivity contribution in [2.45, 2.75) is 169 Å². The van der Waals surface area contributed by atoms with Crippen LogP contribution >= 0.6 is 0 Å². The van der Waals surface area contributed by atoms with Crippen molar-refractivity contribution in [3.8, 4) is 0 Å². The van der Waals surface area contributed by atoms with Gasteiger partial charge in [0.15, 0.2) is 0 Å². The number of aliphatic hydroxyl groups is 1. The molecule has 2 rings (SSSR count). The van der Waals surface area contributed by atoms with Gasteiger partial charge in [-0.15, -0.1) is 0 Å². The van der Waals surface area contributed by atoms with Crippen molar-refractivity contribution in [2.24, 2.45) is 17.8 Å². The number of carbonyl (C=O) groups is 7. The second-order valence-electron chi connectivity index (χ2n) is 18.2. The van der Waals surface area contributed by atoms with Gasteiger partial charge >= 0.3 is 12.1 Å². The fraction of sp³-hybridized carbons (Fsp3) is 0.627. The molecular weight excluding hydrogens is 873 g/mol. The van der Waals surface area contributed by atoms with Crippen molar-refractivity contribution in [1.82, 2.24) is 31.5 Å². The van der Waals surface area contributed by atoms with Crippen molar-refractivity contribution in [1.29, 1.82) is 0 Å². The van der Waals surface area contributed by atoms with Gasteiger partial charge in [0.1, 0.15) is 37.3 Å².